The Kier molecular flexibility index (Phi) is 5.21. The highest BCUT2D eigenvalue weighted by Gasteiger charge is 2.43. The third kappa shape index (κ3) is 3.29. The first kappa shape index (κ1) is 19.8. The third-order valence-corrected chi connectivity index (χ3v) is 7.02. The van der Waals surface area contributed by atoms with Gasteiger partial charge in [-0.15, -0.1) is 11.8 Å². The number of ether oxygens (including phenoxy) is 1. The summed E-state index contributed by atoms with van der Waals surface area (Å²) in [6, 6.07) is 12.8. The molecule has 0 unspecified atom stereocenters. The molecule has 2 aromatic carbocycles. The predicted octanol–water partition coefficient (Wildman–Crippen LogP) is 5.00. The summed E-state index contributed by atoms with van der Waals surface area (Å²) >= 11 is 5.08. The largest absolute Gasteiger partial charge is 0.450 e. The standard InChI is InChI=1S/C23H20BrNO4S/c1-30-16-7-4-13(5-8-16)20-19-21(26)17-11-14(24)6-9-18(17)29-22(19)23(27)25(20)12-15-3-2-10-28-15/h4-9,11,15,20H,2-3,10,12H2,1H3/t15-,20+/m0/s1. The van der Waals surface area contributed by atoms with Crippen LogP contribution in [0.15, 0.2) is 61.0 Å². The number of benzene rings is 2. The molecule has 0 aliphatic carbocycles. The van der Waals surface area contributed by atoms with Gasteiger partial charge in [0.1, 0.15) is 5.58 Å². The van der Waals surface area contributed by atoms with E-state index in [1.807, 2.05) is 30.5 Å². The normalized spacial score (nSPS) is 20.9. The van der Waals surface area contributed by atoms with Crippen molar-refractivity contribution in [2.75, 3.05) is 19.4 Å². The van der Waals surface area contributed by atoms with E-state index in [1.165, 1.54) is 0 Å². The van der Waals surface area contributed by atoms with Crippen LogP contribution in [-0.2, 0) is 4.74 Å². The first-order valence-corrected chi connectivity index (χ1v) is 11.9. The third-order valence-electron chi connectivity index (χ3n) is 5.78. The maximum atomic E-state index is 13.5. The molecule has 0 saturated carbocycles. The second kappa shape index (κ2) is 7.87. The second-order valence-electron chi connectivity index (χ2n) is 7.58. The van der Waals surface area contributed by atoms with Crippen molar-refractivity contribution >= 4 is 44.6 Å². The van der Waals surface area contributed by atoms with E-state index in [4.69, 9.17) is 9.15 Å². The van der Waals surface area contributed by atoms with Crippen LogP contribution in [0.2, 0.25) is 0 Å². The molecule has 30 heavy (non-hydrogen) atoms. The lowest BCUT2D eigenvalue weighted by atomic mass is 9.98. The summed E-state index contributed by atoms with van der Waals surface area (Å²) in [5.74, 6) is -0.104. The van der Waals surface area contributed by atoms with Gasteiger partial charge in [-0.1, -0.05) is 28.1 Å². The van der Waals surface area contributed by atoms with Crippen molar-refractivity contribution in [3.63, 3.8) is 0 Å². The summed E-state index contributed by atoms with van der Waals surface area (Å²) in [5, 5.41) is 0.473. The van der Waals surface area contributed by atoms with E-state index in [1.54, 1.807) is 34.9 Å². The van der Waals surface area contributed by atoms with E-state index in [9.17, 15) is 9.59 Å². The Morgan fingerprint density at radius 1 is 1.17 bits per heavy atom. The molecule has 5 rings (SSSR count). The van der Waals surface area contributed by atoms with Crippen molar-refractivity contribution in [2.45, 2.75) is 29.9 Å². The van der Waals surface area contributed by atoms with Crippen molar-refractivity contribution in [3.8, 4) is 0 Å². The summed E-state index contributed by atoms with van der Waals surface area (Å²) in [6.45, 7) is 1.15. The zero-order chi connectivity index (χ0) is 20.8. The van der Waals surface area contributed by atoms with Gasteiger partial charge in [-0.25, -0.2) is 0 Å². The first-order chi connectivity index (χ1) is 14.6. The Morgan fingerprint density at radius 3 is 2.67 bits per heavy atom. The molecule has 3 aromatic rings. The van der Waals surface area contributed by atoms with Gasteiger partial charge in [-0.2, -0.15) is 0 Å². The van der Waals surface area contributed by atoms with Gasteiger partial charge in [0.15, 0.2) is 5.43 Å². The fourth-order valence-electron chi connectivity index (χ4n) is 4.32. The van der Waals surface area contributed by atoms with Gasteiger partial charge in [-0.3, -0.25) is 9.59 Å². The molecule has 2 aliphatic rings. The van der Waals surface area contributed by atoms with Gasteiger partial charge < -0.3 is 14.1 Å². The zero-order valence-corrected chi connectivity index (χ0v) is 18.8. The first-order valence-electron chi connectivity index (χ1n) is 9.89. The van der Waals surface area contributed by atoms with Crippen LogP contribution in [0.3, 0.4) is 0 Å². The quantitative estimate of drug-likeness (QED) is 0.486. The molecule has 5 nitrogen and oxygen atoms in total. The molecule has 1 aromatic heterocycles. The van der Waals surface area contributed by atoms with Crippen molar-refractivity contribution in [3.05, 3.63) is 74.0 Å². The number of nitrogens with zero attached hydrogens (tertiary/aromatic N) is 1. The highest BCUT2D eigenvalue weighted by atomic mass is 79.9. The highest BCUT2D eigenvalue weighted by Crippen LogP contribution is 2.39. The van der Waals surface area contributed by atoms with Crippen LogP contribution in [0.5, 0.6) is 0 Å². The molecule has 1 amide bonds. The number of carbonyl (C=O) groups excluding carboxylic acids is 1. The van der Waals surface area contributed by atoms with Gasteiger partial charge in [0.25, 0.3) is 5.91 Å². The Balaban J connectivity index is 1.69. The van der Waals surface area contributed by atoms with Crippen LogP contribution in [0.4, 0.5) is 0 Å². The van der Waals surface area contributed by atoms with E-state index in [-0.39, 0.29) is 23.2 Å². The van der Waals surface area contributed by atoms with Gasteiger partial charge in [-0.05, 0) is 55.0 Å². The fourth-order valence-corrected chi connectivity index (χ4v) is 5.09. The molecular formula is C23H20BrNO4S. The van der Waals surface area contributed by atoms with Gasteiger partial charge in [0.05, 0.1) is 23.1 Å². The summed E-state index contributed by atoms with van der Waals surface area (Å²) in [5.41, 5.74) is 1.58. The van der Waals surface area contributed by atoms with Crippen LogP contribution >= 0.6 is 27.7 Å². The second-order valence-corrected chi connectivity index (χ2v) is 9.38. The van der Waals surface area contributed by atoms with Crippen molar-refractivity contribution in [1.29, 1.82) is 0 Å². The minimum absolute atomic E-state index is 0.0186. The number of thioether (sulfide) groups is 1. The molecule has 0 radical (unpaired) electrons. The summed E-state index contributed by atoms with van der Waals surface area (Å²) in [4.78, 5) is 29.8. The van der Waals surface area contributed by atoms with Crippen molar-refractivity contribution in [1.82, 2.24) is 4.90 Å². The molecule has 0 spiro atoms. The molecular weight excluding hydrogens is 466 g/mol. The van der Waals surface area contributed by atoms with E-state index >= 15 is 0 Å². The molecule has 3 heterocycles. The molecule has 0 N–H and O–H groups in total. The Bertz CT molecular complexity index is 1180. The number of carbonyl (C=O) groups is 1. The molecule has 0 bridgehead atoms. The van der Waals surface area contributed by atoms with E-state index in [2.05, 4.69) is 15.9 Å². The summed E-state index contributed by atoms with van der Waals surface area (Å²) < 4.78 is 12.6. The maximum Gasteiger partial charge on any atom is 0.291 e. The van der Waals surface area contributed by atoms with Gasteiger partial charge >= 0.3 is 0 Å². The average molecular weight is 486 g/mol. The molecule has 1 fully saturated rings. The lowest BCUT2D eigenvalue weighted by molar-refractivity contribution is 0.0486. The lowest BCUT2D eigenvalue weighted by Gasteiger charge is -2.27. The van der Waals surface area contributed by atoms with Crippen LogP contribution in [0, 0.1) is 0 Å². The van der Waals surface area contributed by atoms with Crippen molar-refractivity contribution in [2.24, 2.45) is 0 Å². The van der Waals surface area contributed by atoms with Crippen molar-refractivity contribution < 1.29 is 13.9 Å². The zero-order valence-electron chi connectivity index (χ0n) is 16.4. The number of halogens is 1. The number of fused-ring (bicyclic) bond motifs is 2. The molecule has 1 saturated heterocycles. The summed E-state index contributed by atoms with van der Waals surface area (Å²) in [7, 11) is 0. The smallest absolute Gasteiger partial charge is 0.291 e. The average Bonchev–Trinajstić information content (AvgIpc) is 3.37. The molecule has 7 heteroatoms. The number of amides is 1. The Hall–Kier alpha value is -2.09. The molecule has 2 atom stereocenters. The SMILES string of the molecule is CSc1ccc([C@@H]2c3c(oc4ccc(Br)cc4c3=O)C(=O)N2C[C@@H]2CCCO2)cc1. The van der Waals surface area contributed by atoms with Gasteiger partial charge in [0, 0.05) is 22.5 Å². The van der Waals surface area contributed by atoms with Crippen LogP contribution < -0.4 is 5.43 Å². The van der Waals surface area contributed by atoms with E-state index in [0.29, 0.717) is 29.7 Å². The van der Waals surface area contributed by atoms with Crippen LogP contribution in [0.1, 0.15) is 40.6 Å². The number of rotatable bonds is 4. The monoisotopic (exact) mass is 485 g/mol. The number of hydrogen-bond donors (Lipinski definition) is 0. The predicted molar refractivity (Wildman–Crippen MR) is 120 cm³/mol. The molecule has 2 aliphatic heterocycles. The van der Waals surface area contributed by atoms with Gasteiger partial charge in [0.2, 0.25) is 5.76 Å². The lowest BCUT2D eigenvalue weighted by Crippen LogP contribution is -2.36. The molecule has 154 valence electrons. The van der Waals surface area contributed by atoms with E-state index in [0.717, 1.165) is 27.8 Å². The fraction of sp³-hybridized carbons (Fsp3) is 0.304. The Morgan fingerprint density at radius 2 is 1.97 bits per heavy atom. The van der Waals surface area contributed by atoms with Crippen LogP contribution in [0.25, 0.3) is 11.0 Å². The highest BCUT2D eigenvalue weighted by molar-refractivity contribution is 9.10. The topological polar surface area (TPSA) is 59.8 Å². The Labute approximate surface area is 186 Å². The van der Waals surface area contributed by atoms with E-state index < -0.39 is 6.04 Å². The summed E-state index contributed by atoms with van der Waals surface area (Å²) in [6.07, 6.45) is 3.90. The van der Waals surface area contributed by atoms with Crippen LogP contribution in [-0.4, -0.2) is 36.3 Å². The maximum absolute atomic E-state index is 13.5. The minimum atomic E-state index is -0.479. The number of hydrogen-bond acceptors (Lipinski definition) is 5. The minimum Gasteiger partial charge on any atom is -0.450 e.